The number of rotatable bonds is 6. The summed E-state index contributed by atoms with van der Waals surface area (Å²) >= 11 is 1.29. The summed E-state index contributed by atoms with van der Waals surface area (Å²) < 4.78 is 5.12. The lowest BCUT2D eigenvalue weighted by Gasteiger charge is -2.32. The maximum atomic E-state index is 12.5. The molecule has 1 aliphatic heterocycles. The van der Waals surface area contributed by atoms with Crippen LogP contribution >= 0.6 is 11.3 Å². The molecular formula is C20H27N5O3S. The highest BCUT2D eigenvalue weighted by Gasteiger charge is 2.28. The van der Waals surface area contributed by atoms with Crippen molar-refractivity contribution >= 4 is 29.0 Å². The number of nitrogens with one attached hydrogen (secondary N) is 2. The molecule has 1 fully saturated rings. The van der Waals surface area contributed by atoms with Crippen molar-refractivity contribution in [1.29, 1.82) is 0 Å². The predicted octanol–water partition coefficient (Wildman–Crippen LogP) is 3.49. The number of carbonyl (C=O) groups excluding carboxylic acids is 2. The molecule has 29 heavy (non-hydrogen) atoms. The smallest absolute Gasteiger partial charge is 0.317 e. The van der Waals surface area contributed by atoms with Gasteiger partial charge in [0, 0.05) is 30.7 Å². The second-order valence-electron chi connectivity index (χ2n) is 7.17. The molecule has 9 heteroatoms. The minimum atomic E-state index is -0.291. The van der Waals surface area contributed by atoms with Crippen molar-refractivity contribution in [2.75, 3.05) is 25.5 Å². The average Bonchev–Trinajstić information content (AvgIpc) is 3.25. The molecule has 2 N–H and O–H groups in total. The van der Waals surface area contributed by atoms with Crippen molar-refractivity contribution in [2.24, 2.45) is 0 Å². The maximum absolute atomic E-state index is 12.5. The van der Waals surface area contributed by atoms with Crippen LogP contribution in [0.25, 0.3) is 0 Å². The van der Waals surface area contributed by atoms with E-state index in [4.69, 9.17) is 4.74 Å². The van der Waals surface area contributed by atoms with E-state index in [1.807, 2.05) is 18.7 Å². The van der Waals surface area contributed by atoms with E-state index < -0.39 is 0 Å². The van der Waals surface area contributed by atoms with Gasteiger partial charge >= 0.3 is 6.03 Å². The van der Waals surface area contributed by atoms with Gasteiger partial charge in [0.2, 0.25) is 5.01 Å². The fourth-order valence-corrected chi connectivity index (χ4v) is 3.98. The van der Waals surface area contributed by atoms with E-state index in [1.165, 1.54) is 11.3 Å². The molecule has 0 bridgehead atoms. The van der Waals surface area contributed by atoms with Gasteiger partial charge in [0.15, 0.2) is 0 Å². The van der Waals surface area contributed by atoms with Crippen molar-refractivity contribution in [1.82, 2.24) is 20.4 Å². The number of likely N-dealkylation sites (tertiary alicyclic amines) is 1. The zero-order valence-corrected chi connectivity index (χ0v) is 17.8. The van der Waals surface area contributed by atoms with Crippen LogP contribution in [0.15, 0.2) is 24.3 Å². The number of amides is 3. The number of carbonyl (C=O) groups is 2. The fraction of sp³-hybridized carbons (Fsp3) is 0.500. The SMILES string of the molecule is CC[C@@H](C)NC(=O)N1CCC[C@@H](c2nnc(C(=O)Nc3ccc(OC)cc3)s2)C1. The van der Waals surface area contributed by atoms with Crippen LogP contribution in [0.1, 0.15) is 53.8 Å². The topological polar surface area (TPSA) is 96.5 Å². The van der Waals surface area contributed by atoms with Gasteiger partial charge in [0.25, 0.3) is 5.91 Å². The van der Waals surface area contributed by atoms with Gasteiger partial charge in [-0.05, 0) is 50.5 Å². The zero-order valence-electron chi connectivity index (χ0n) is 17.0. The van der Waals surface area contributed by atoms with Crippen molar-refractivity contribution < 1.29 is 14.3 Å². The van der Waals surface area contributed by atoms with Crippen LogP contribution in [0.2, 0.25) is 0 Å². The summed E-state index contributed by atoms with van der Waals surface area (Å²) in [6, 6.07) is 7.22. The van der Waals surface area contributed by atoms with E-state index in [2.05, 4.69) is 20.8 Å². The number of benzene rings is 1. The van der Waals surface area contributed by atoms with Crippen molar-refractivity contribution in [3.8, 4) is 5.75 Å². The Bertz CT molecular complexity index is 839. The lowest BCUT2D eigenvalue weighted by molar-refractivity contribution is 0.102. The van der Waals surface area contributed by atoms with Gasteiger partial charge in [-0.25, -0.2) is 4.79 Å². The number of ether oxygens (including phenoxy) is 1. The van der Waals surface area contributed by atoms with Crippen LogP contribution in [-0.4, -0.2) is 53.3 Å². The molecule has 0 spiro atoms. The van der Waals surface area contributed by atoms with Crippen LogP contribution in [-0.2, 0) is 0 Å². The molecule has 3 amide bonds. The van der Waals surface area contributed by atoms with Gasteiger partial charge < -0.3 is 20.3 Å². The number of nitrogens with zero attached hydrogens (tertiary/aromatic N) is 3. The number of urea groups is 1. The summed E-state index contributed by atoms with van der Waals surface area (Å²) in [6.07, 6.45) is 2.74. The number of piperidine rings is 1. The van der Waals surface area contributed by atoms with Crippen molar-refractivity contribution in [3.63, 3.8) is 0 Å². The van der Waals surface area contributed by atoms with Crippen LogP contribution in [0, 0.1) is 0 Å². The number of hydrogen-bond acceptors (Lipinski definition) is 6. The summed E-state index contributed by atoms with van der Waals surface area (Å²) in [5.41, 5.74) is 0.665. The van der Waals surface area contributed by atoms with Gasteiger partial charge in [-0.1, -0.05) is 18.3 Å². The maximum Gasteiger partial charge on any atom is 0.317 e. The van der Waals surface area contributed by atoms with E-state index in [9.17, 15) is 9.59 Å². The molecule has 0 radical (unpaired) electrons. The normalized spacial score (nSPS) is 17.5. The average molecular weight is 418 g/mol. The molecule has 1 saturated heterocycles. The third-order valence-corrected chi connectivity index (χ3v) is 6.11. The van der Waals surface area contributed by atoms with Gasteiger partial charge in [0.1, 0.15) is 10.8 Å². The third kappa shape index (κ3) is 5.44. The highest BCUT2D eigenvalue weighted by atomic mass is 32.1. The van der Waals surface area contributed by atoms with E-state index in [-0.39, 0.29) is 23.9 Å². The molecular weight excluding hydrogens is 390 g/mol. The Morgan fingerprint density at radius 1 is 1.31 bits per heavy atom. The number of anilines is 1. The Morgan fingerprint density at radius 3 is 2.76 bits per heavy atom. The molecule has 8 nitrogen and oxygen atoms in total. The molecule has 3 rings (SSSR count). The minimum absolute atomic E-state index is 0.0361. The summed E-state index contributed by atoms with van der Waals surface area (Å²) in [5, 5.41) is 15.2. The van der Waals surface area contributed by atoms with Crippen LogP contribution in [0.4, 0.5) is 10.5 Å². The molecule has 2 heterocycles. The standard InChI is InChI=1S/C20H27N5O3S/c1-4-13(2)21-20(27)25-11-5-6-14(12-25)18-23-24-19(29-18)17(26)22-15-7-9-16(28-3)10-8-15/h7-10,13-14H,4-6,11-12H2,1-3H3,(H,21,27)(H,22,26)/t13-,14-/m1/s1. The van der Waals surface area contributed by atoms with E-state index >= 15 is 0 Å². The zero-order chi connectivity index (χ0) is 20.8. The Balaban J connectivity index is 1.60. The Hall–Kier alpha value is -2.68. The monoisotopic (exact) mass is 417 g/mol. The molecule has 1 aliphatic rings. The van der Waals surface area contributed by atoms with Crippen LogP contribution < -0.4 is 15.4 Å². The van der Waals surface area contributed by atoms with Gasteiger partial charge in [-0.2, -0.15) is 0 Å². The van der Waals surface area contributed by atoms with E-state index in [1.54, 1.807) is 31.4 Å². The van der Waals surface area contributed by atoms with Crippen molar-refractivity contribution in [2.45, 2.75) is 45.1 Å². The first-order chi connectivity index (χ1) is 14.0. The summed E-state index contributed by atoms with van der Waals surface area (Å²) in [5.74, 6) is 0.535. The molecule has 156 valence electrons. The third-order valence-electron chi connectivity index (χ3n) is 5.02. The second kappa shape index (κ2) is 9.69. The summed E-state index contributed by atoms with van der Waals surface area (Å²) in [4.78, 5) is 26.7. The van der Waals surface area contributed by atoms with E-state index in [0.717, 1.165) is 36.6 Å². The van der Waals surface area contributed by atoms with Crippen LogP contribution in [0.3, 0.4) is 0 Å². The molecule has 0 unspecified atom stereocenters. The molecule has 0 aliphatic carbocycles. The molecule has 1 aromatic heterocycles. The predicted molar refractivity (Wildman–Crippen MR) is 113 cm³/mol. The summed E-state index contributed by atoms with van der Waals surface area (Å²) in [7, 11) is 1.59. The first-order valence-corrected chi connectivity index (χ1v) is 10.7. The number of aromatic nitrogens is 2. The molecule has 2 atom stereocenters. The Labute approximate surface area is 174 Å². The lowest BCUT2D eigenvalue weighted by atomic mass is 9.99. The molecule has 1 aromatic carbocycles. The second-order valence-corrected chi connectivity index (χ2v) is 8.18. The number of hydrogen-bond donors (Lipinski definition) is 2. The first-order valence-electron chi connectivity index (χ1n) is 9.84. The lowest BCUT2D eigenvalue weighted by Crippen LogP contribution is -2.47. The Kier molecular flexibility index (Phi) is 7.03. The fourth-order valence-electron chi connectivity index (χ4n) is 3.12. The summed E-state index contributed by atoms with van der Waals surface area (Å²) in [6.45, 7) is 5.38. The van der Waals surface area contributed by atoms with Gasteiger partial charge in [-0.3, -0.25) is 4.79 Å². The van der Waals surface area contributed by atoms with Gasteiger partial charge in [0.05, 0.1) is 7.11 Å². The largest absolute Gasteiger partial charge is 0.497 e. The Morgan fingerprint density at radius 2 is 2.07 bits per heavy atom. The van der Waals surface area contributed by atoms with Crippen molar-refractivity contribution in [3.05, 3.63) is 34.3 Å². The molecule has 0 saturated carbocycles. The highest BCUT2D eigenvalue weighted by molar-refractivity contribution is 7.13. The highest BCUT2D eigenvalue weighted by Crippen LogP contribution is 2.29. The quantitative estimate of drug-likeness (QED) is 0.750. The van der Waals surface area contributed by atoms with Crippen LogP contribution in [0.5, 0.6) is 5.75 Å². The molecule has 2 aromatic rings. The van der Waals surface area contributed by atoms with E-state index in [0.29, 0.717) is 17.2 Å². The minimum Gasteiger partial charge on any atom is -0.497 e. The first kappa shape index (κ1) is 21.0. The van der Waals surface area contributed by atoms with Gasteiger partial charge in [-0.15, -0.1) is 10.2 Å². The number of methoxy groups -OCH3 is 1.